The van der Waals surface area contributed by atoms with Crippen LogP contribution in [-0.4, -0.2) is 39.0 Å². The first-order chi connectivity index (χ1) is 6.76. The smallest absolute Gasteiger partial charge is 0.0694 e. The summed E-state index contributed by atoms with van der Waals surface area (Å²) >= 11 is 0. The van der Waals surface area contributed by atoms with Crippen molar-refractivity contribution in [2.24, 2.45) is 0 Å². The molecule has 1 saturated carbocycles. The summed E-state index contributed by atoms with van der Waals surface area (Å²) < 4.78 is 10.8. The van der Waals surface area contributed by atoms with Gasteiger partial charge >= 0.3 is 0 Å². The quantitative estimate of drug-likeness (QED) is 0.678. The standard InChI is InChI=1S/C11H23NO2/c1-4-12-10(9-13-2)8-11(14-3)6-5-7-11/h10,12H,4-9H2,1-3H3. The zero-order valence-electron chi connectivity index (χ0n) is 9.64. The number of ether oxygens (including phenoxy) is 2. The van der Waals surface area contributed by atoms with Gasteiger partial charge < -0.3 is 14.8 Å². The van der Waals surface area contributed by atoms with Crippen LogP contribution in [0.25, 0.3) is 0 Å². The van der Waals surface area contributed by atoms with E-state index in [0.29, 0.717) is 6.04 Å². The molecule has 0 saturated heterocycles. The third-order valence-corrected chi connectivity index (χ3v) is 3.18. The average molecular weight is 201 g/mol. The summed E-state index contributed by atoms with van der Waals surface area (Å²) in [4.78, 5) is 0. The van der Waals surface area contributed by atoms with Crippen LogP contribution in [0.5, 0.6) is 0 Å². The molecule has 0 aromatic carbocycles. The molecule has 0 aliphatic heterocycles. The third-order valence-electron chi connectivity index (χ3n) is 3.18. The molecule has 0 bridgehead atoms. The van der Waals surface area contributed by atoms with Gasteiger partial charge in [-0.05, 0) is 32.2 Å². The molecule has 1 aliphatic carbocycles. The van der Waals surface area contributed by atoms with Gasteiger partial charge in [0.1, 0.15) is 0 Å². The van der Waals surface area contributed by atoms with Gasteiger partial charge in [-0.25, -0.2) is 0 Å². The van der Waals surface area contributed by atoms with Crippen LogP contribution < -0.4 is 5.32 Å². The van der Waals surface area contributed by atoms with Crippen molar-refractivity contribution < 1.29 is 9.47 Å². The van der Waals surface area contributed by atoms with E-state index in [4.69, 9.17) is 9.47 Å². The zero-order chi connectivity index (χ0) is 10.4. The summed E-state index contributed by atoms with van der Waals surface area (Å²) in [6.45, 7) is 3.90. The van der Waals surface area contributed by atoms with Crippen LogP contribution in [0.2, 0.25) is 0 Å². The van der Waals surface area contributed by atoms with E-state index in [2.05, 4.69) is 12.2 Å². The molecule has 1 aliphatic rings. The van der Waals surface area contributed by atoms with E-state index in [1.807, 2.05) is 7.11 Å². The van der Waals surface area contributed by atoms with Gasteiger partial charge in [-0.3, -0.25) is 0 Å². The first kappa shape index (κ1) is 12.0. The molecule has 14 heavy (non-hydrogen) atoms. The molecule has 1 atom stereocenters. The SMILES string of the molecule is CCNC(COC)CC1(OC)CCC1. The molecule has 0 aromatic rings. The number of rotatable bonds is 7. The fraction of sp³-hybridized carbons (Fsp3) is 1.00. The van der Waals surface area contributed by atoms with Crippen molar-refractivity contribution in [3.05, 3.63) is 0 Å². The Kier molecular flexibility index (Phi) is 4.85. The van der Waals surface area contributed by atoms with Crippen molar-refractivity contribution in [2.45, 2.75) is 44.2 Å². The molecule has 0 heterocycles. The minimum Gasteiger partial charge on any atom is -0.383 e. The molecule has 0 aromatic heterocycles. The summed E-state index contributed by atoms with van der Waals surface area (Å²) in [6, 6.07) is 0.435. The predicted octanol–water partition coefficient (Wildman–Crippen LogP) is 1.57. The summed E-state index contributed by atoms with van der Waals surface area (Å²) in [5.74, 6) is 0. The Labute approximate surface area is 87.2 Å². The average Bonchev–Trinajstić information content (AvgIpc) is 2.12. The lowest BCUT2D eigenvalue weighted by molar-refractivity contribution is -0.0870. The molecule has 0 radical (unpaired) electrons. The normalized spacial score (nSPS) is 21.6. The Hall–Kier alpha value is -0.120. The molecule has 84 valence electrons. The topological polar surface area (TPSA) is 30.5 Å². The summed E-state index contributed by atoms with van der Waals surface area (Å²) in [7, 11) is 3.58. The maximum absolute atomic E-state index is 5.60. The van der Waals surface area contributed by atoms with Crippen LogP contribution >= 0.6 is 0 Å². The van der Waals surface area contributed by atoms with Crippen molar-refractivity contribution >= 4 is 0 Å². The van der Waals surface area contributed by atoms with Crippen molar-refractivity contribution in [1.29, 1.82) is 0 Å². The molecule has 1 fully saturated rings. The Balaban J connectivity index is 2.36. The second-order valence-electron chi connectivity index (χ2n) is 4.15. The molecular formula is C11H23NO2. The monoisotopic (exact) mass is 201 g/mol. The lowest BCUT2D eigenvalue weighted by atomic mass is 9.75. The lowest BCUT2D eigenvalue weighted by Crippen LogP contribution is -2.47. The van der Waals surface area contributed by atoms with Crippen molar-refractivity contribution in [2.75, 3.05) is 27.4 Å². The molecule has 1 rings (SSSR count). The maximum Gasteiger partial charge on any atom is 0.0694 e. The highest BCUT2D eigenvalue weighted by atomic mass is 16.5. The minimum atomic E-state index is 0.144. The van der Waals surface area contributed by atoms with Crippen LogP contribution in [0.3, 0.4) is 0 Å². The Bertz CT molecular complexity index is 146. The van der Waals surface area contributed by atoms with Crippen molar-refractivity contribution in [1.82, 2.24) is 5.32 Å². The van der Waals surface area contributed by atoms with Gasteiger partial charge in [0.2, 0.25) is 0 Å². The van der Waals surface area contributed by atoms with Crippen LogP contribution in [-0.2, 0) is 9.47 Å². The van der Waals surface area contributed by atoms with E-state index in [0.717, 1.165) is 19.6 Å². The van der Waals surface area contributed by atoms with Crippen LogP contribution in [0.15, 0.2) is 0 Å². The van der Waals surface area contributed by atoms with E-state index in [1.165, 1.54) is 19.3 Å². The van der Waals surface area contributed by atoms with Gasteiger partial charge in [0.05, 0.1) is 12.2 Å². The summed E-state index contributed by atoms with van der Waals surface area (Å²) in [5.41, 5.74) is 0.144. The van der Waals surface area contributed by atoms with E-state index in [9.17, 15) is 0 Å². The molecule has 1 unspecified atom stereocenters. The molecule has 1 N–H and O–H groups in total. The van der Waals surface area contributed by atoms with Gasteiger partial charge in [-0.1, -0.05) is 6.92 Å². The van der Waals surface area contributed by atoms with E-state index in [-0.39, 0.29) is 5.60 Å². The van der Waals surface area contributed by atoms with Crippen LogP contribution in [0.1, 0.15) is 32.6 Å². The second-order valence-corrected chi connectivity index (χ2v) is 4.15. The largest absolute Gasteiger partial charge is 0.383 e. The first-order valence-electron chi connectivity index (χ1n) is 5.54. The Morgan fingerprint density at radius 1 is 1.36 bits per heavy atom. The fourth-order valence-electron chi connectivity index (χ4n) is 2.19. The number of methoxy groups -OCH3 is 2. The Morgan fingerprint density at radius 3 is 2.43 bits per heavy atom. The van der Waals surface area contributed by atoms with Crippen LogP contribution in [0.4, 0.5) is 0 Å². The summed E-state index contributed by atoms with van der Waals surface area (Å²) in [5, 5.41) is 3.44. The van der Waals surface area contributed by atoms with Gasteiger partial charge in [-0.2, -0.15) is 0 Å². The number of likely N-dealkylation sites (N-methyl/N-ethyl adjacent to an activating group) is 1. The van der Waals surface area contributed by atoms with E-state index >= 15 is 0 Å². The van der Waals surface area contributed by atoms with Gasteiger partial charge in [0.15, 0.2) is 0 Å². The number of hydrogen-bond acceptors (Lipinski definition) is 3. The fourth-order valence-corrected chi connectivity index (χ4v) is 2.19. The highest BCUT2D eigenvalue weighted by Crippen LogP contribution is 2.38. The van der Waals surface area contributed by atoms with E-state index in [1.54, 1.807) is 7.11 Å². The molecule has 3 nitrogen and oxygen atoms in total. The van der Waals surface area contributed by atoms with E-state index < -0.39 is 0 Å². The second kappa shape index (κ2) is 5.69. The molecule has 0 amide bonds. The predicted molar refractivity (Wildman–Crippen MR) is 57.5 cm³/mol. The number of hydrogen-bond donors (Lipinski definition) is 1. The highest BCUT2D eigenvalue weighted by Gasteiger charge is 2.38. The van der Waals surface area contributed by atoms with Crippen molar-refractivity contribution in [3.8, 4) is 0 Å². The van der Waals surface area contributed by atoms with Gasteiger partial charge in [-0.15, -0.1) is 0 Å². The first-order valence-corrected chi connectivity index (χ1v) is 5.54. The van der Waals surface area contributed by atoms with Gasteiger partial charge in [0, 0.05) is 20.3 Å². The number of nitrogens with one attached hydrogen (secondary N) is 1. The molecule has 3 heteroatoms. The summed E-state index contributed by atoms with van der Waals surface area (Å²) in [6.07, 6.45) is 4.79. The zero-order valence-corrected chi connectivity index (χ0v) is 9.64. The molecule has 0 spiro atoms. The lowest BCUT2D eigenvalue weighted by Gasteiger charge is -2.42. The molecular weight excluding hydrogens is 178 g/mol. The van der Waals surface area contributed by atoms with Crippen molar-refractivity contribution in [3.63, 3.8) is 0 Å². The highest BCUT2D eigenvalue weighted by molar-refractivity contribution is 4.93. The maximum atomic E-state index is 5.60. The van der Waals surface area contributed by atoms with Gasteiger partial charge in [0.25, 0.3) is 0 Å². The minimum absolute atomic E-state index is 0.144. The van der Waals surface area contributed by atoms with Crippen LogP contribution in [0, 0.1) is 0 Å². The third kappa shape index (κ3) is 2.94. The Morgan fingerprint density at radius 2 is 2.07 bits per heavy atom.